The molecule has 0 spiro atoms. The topological polar surface area (TPSA) is 54.4 Å². The standard InChI is InChI=1S/C24H52P.C5H8O3/c1-5-9-13-17-21-25(22-18-14-10-6-2,23-19-15-11-7-3)24-20-16-12-8-4;1-4(6)2-3-5(7)8/h5-24H2,1-4H3;2-3H2,1H3,(H,7,8)/q+1;. The molecule has 0 radical (unpaired) electrons. The molecule has 0 unspecified atom stereocenters. The van der Waals surface area contributed by atoms with E-state index >= 15 is 0 Å². The zero-order valence-electron chi connectivity index (χ0n) is 23.3. The number of carbonyl (C=O) groups excluding carboxylic acids is 1. The van der Waals surface area contributed by atoms with Crippen molar-refractivity contribution in [2.45, 2.75) is 150 Å². The Morgan fingerprint density at radius 1 is 0.515 bits per heavy atom. The number of ketones is 1. The van der Waals surface area contributed by atoms with Gasteiger partial charge in [0, 0.05) is 13.7 Å². The molecular formula is C29H60O3P+. The summed E-state index contributed by atoms with van der Waals surface area (Å²) in [5.41, 5.74) is 0. The lowest BCUT2D eigenvalue weighted by Gasteiger charge is -2.28. The third-order valence-electron chi connectivity index (χ3n) is 6.63. The Labute approximate surface area is 208 Å². The van der Waals surface area contributed by atoms with Crippen molar-refractivity contribution in [1.29, 1.82) is 0 Å². The van der Waals surface area contributed by atoms with E-state index in [1.807, 2.05) is 0 Å². The number of unbranched alkanes of at least 4 members (excludes halogenated alkanes) is 12. The first-order valence-electron chi connectivity index (χ1n) is 14.4. The first kappa shape index (κ1) is 34.7. The van der Waals surface area contributed by atoms with Crippen LogP contribution in [-0.2, 0) is 9.59 Å². The summed E-state index contributed by atoms with van der Waals surface area (Å²) < 4.78 is 0. The molecule has 0 aliphatic carbocycles. The molecule has 0 aromatic heterocycles. The maximum absolute atomic E-state index is 10.1. The largest absolute Gasteiger partial charge is 0.481 e. The summed E-state index contributed by atoms with van der Waals surface area (Å²) >= 11 is 0. The molecule has 0 aliphatic heterocycles. The van der Waals surface area contributed by atoms with Gasteiger partial charge < -0.3 is 9.90 Å². The van der Waals surface area contributed by atoms with Crippen LogP contribution >= 0.6 is 7.26 Å². The van der Waals surface area contributed by atoms with Gasteiger partial charge in [0.2, 0.25) is 0 Å². The number of rotatable bonds is 23. The van der Waals surface area contributed by atoms with E-state index in [0.717, 1.165) is 0 Å². The minimum absolute atomic E-state index is 0.0463. The fourth-order valence-corrected chi connectivity index (χ4v) is 9.37. The van der Waals surface area contributed by atoms with Crippen LogP contribution in [0.1, 0.15) is 150 Å². The molecule has 33 heavy (non-hydrogen) atoms. The van der Waals surface area contributed by atoms with Gasteiger partial charge in [-0.15, -0.1) is 0 Å². The minimum atomic E-state index is -0.916. The average molecular weight is 488 g/mol. The Morgan fingerprint density at radius 2 is 0.818 bits per heavy atom. The second-order valence-electron chi connectivity index (χ2n) is 10.1. The van der Waals surface area contributed by atoms with E-state index in [0.29, 0.717) is 0 Å². The summed E-state index contributed by atoms with van der Waals surface area (Å²) in [5, 5.41) is 8.01. The molecule has 0 atom stereocenters. The molecule has 0 rings (SSSR count). The Hall–Kier alpha value is -0.430. The van der Waals surface area contributed by atoms with Gasteiger partial charge >= 0.3 is 5.97 Å². The highest BCUT2D eigenvalue weighted by Gasteiger charge is 2.34. The van der Waals surface area contributed by atoms with Crippen LogP contribution in [0.2, 0.25) is 0 Å². The summed E-state index contributed by atoms with van der Waals surface area (Å²) in [5.74, 6) is -0.993. The van der Waals surface area contributed by atoms with Gasteiger partial charge in [0.05, 0.1) is 31.1 Å². The normalized spacial score (nSPS) is 11.2. The predicted octanol–water partition coefficient (Wildman–Crippen LogP) is 9.77. The lowest BCUT2D eigenvalue weighted by atomic mass is 10.2. The van der Waals surface area contributed by atoms with Crippen LogP contribution < -0.4 is 0 Å². The number of hydrogen-bond acceptors (Lipinski definition) is 2. The molecule has 0 heterocycles. The quantitative estimate of drug-likeness (QED) is 0.115. The second kappa shape index (κ2) is 26.2. The minimum Gasteiger partial charge on any atom is -0.481 e. The molecule has 0 saturated carbocycles. The average Bonchev–Trinajstić information content (AvgIpc) is 2.79. The van der Waals surface area contributed by atoms with Crippen molar-refractivity contribution in [3.63, 3.8) is 0 Å². The van der Waals surface area contributed by atoms with Crippen molar-refractivity contribution in [1.82, 2.24) is 0 Å². The molecule has 198 valence electrons. The van der Waals surface area contributed by atoms with Crippen molar-refractivity contribution in [2.24, 2.45) is 0 Å². The number of aliphatic carboxylic acids is 1. The second-order valence-corrected chi connectivity index (χ2v) is 14.5. The van der Waals surface area contributed by atoms with Crippen LogP contribution in [0.25, 0.3) is 0 Å². The molecule has 4 heteroatoms. The summed E-state index contributed by atoms with van der Waals surface area (Å²) in [6.07, 6.45) is 30.2. The van der Waals surface area contributed by atoms with Crippen LogP contribution in [0.3, 0.4) is 0 Å². The molecule has 0 saturated heterocycles. The summed E-state index contributed by atoms with van der Waals surface area (Å²) in [7, 11) is -0.657. The monoisotopic (exact) mass is 487 g/mol. The Kier molecular flexibility index (Phi) is 27.6. The van der Waals surface area contributed by atoms with Gasteiger partial charge in [0.15, 0.2) is 0 Å². The molecule has 0 fully saturated rings. The SMILES string of the molecule is CC(=O)CCC(=O)O.CCCCCC[P+](CCCCCC)(CCCCCC)CCCCCC. The van der Waals surface area contributed by atoms with Crippen molar-refractivity contribution in [2.75, 3.05) is 24.6 Å². The van der Waals surface area contributed by atoms with E-state index in [2.05, 4.69) is 27.7 Å². The van der Waals surface area contributed by atoms with Crippen LogP contribution in [0.5, 0.6) is 0 Å². The lowest BCUT2D eigenvalue weighted by molar-refractivity contribution is -0.138. The van der Waals surface area contributed by atoms with E-state index in [-0.39, 0.29) is 18.6 Å². The molecule has 0 aliphatic rings. The third kappa shape index (κ3) is 26.0. The molecular weight excluding hydrogens is 427 g/mol. The van der Waals surface area contributed by atoms with E-state index in [4.69, 9.17) is 5.11 Å². The van der Waals surface area contributed by atoms with Crippen molar-refractivity contribution in [3.05, 3.63) is 0 Å². The van der Waals surface area contributed by atoms with Crippen molar-refractivity contribution < 1.29 is 14.7 Å². The molecule has 1 N–H and O–H groups in total. The van der Waals surface area contributed by atoms with E-state index in [1.54, 1.807) is 24.6 Å². The number of carboxylic acid groups (broad SMARTS) is 1. The van der Waals surface area contributed by atoms with Crippen LogP contribution in [0.15, 0.2) is 0 Å². The number of carbonyl (C=O) groups is 2. The highest BCUT2D eigenvalue weighted by Crippen LogP contribution is 2.61. The number of hydrogen-bond donors (Lipinski definition) is 1. The zero-order valence-corrected chi connectivity index (χ0v) is 24.2. The molecule has 3 nitrogen and oxygen atoms in total. The zero-order chi connectivity index (χ0) is 25.2. The molecule has 0 bridgehead atoms. The van der Waals surface area contributed by atoms with Gasteiger partial charge in [-0.05, 0) is 58.3 Å². The predicted molar refractivity (Wildman–Crippen MR) is 151 cm³/mol. The van der Waals surface area contributed by atoms with Crippen LogP contribution in [0, 0.1) is 0 Å². The number of Topliss-reactive ketones (excluding diaryl/α,β-unsaturated/α-hetero) is 1. The van der Waals surface area contributed by atoms with E-state index in [9.17, 15) is 9.59 Å². The maximum atomic E-state index is 10.1. The maximum Gasteiger partial charge on any atom is 0.303 e. The fourth-order valence-electron chi connectivity index (χ4n) is 4.45. The lowest BCUT2D eigenvalue weighted by Crippen LogP contribution is -2.13. The highest BCUT2D eigenvalue weighted by molar-refractivity contribution is 7.75. The van der Waals surface area contributed by atoms with Crippen molar-refractivity contribution >= 4 is 19.0 Å². The summed E-state index contributed by atoms with van der Waals surface area (Å²) in [6, 6.07) is 0. The van der Waals surface area contributed by atoms with Gasteiger partial charge in [0.1, 0.15) is 5.78 Å². The van der Waals surface area contributed by atoms with Gasteiger partial charge in [-0.2, -0.15) is 0 Å². The van der Waals surface area contributed by atoms with Gasteiger partial charge in [-0.1, -0.05) is 79.1 Å². The van der Waals surface area contributed by atoms with Gasteiger partial charge in [-0.25, -0.2) is 0 Å². The van der Waals surface area contributed by atoms with Gasteiger partial charge in [-0.3, -0.25) is 4.79 Å². The highest BCUT2D eigenvalue weighted by atomic mass is 31.2. The molecule has 0 amide bonds. The van der Waals surface area contributed by atoms with Crippen LogP contribution in [0.4, 0.5) is 0 Å². The smallest absolute Gasteiger partial charge is 0.303 e. The summed E-state index contributed by atoms with van der Waals surface area (Å²) in [6.45, 7) is 10.8. The Morgan fingerprint density at radius 3 is 1.00 bits per heavy atom. The van der Waals surface area contributed by atoms with Crippen molar-refractivity contribution in [3.8, 4) is 0 Å². The number of carboxylic acids is 1. The Balaban J connectivity index is 0. The van der Waals surface area contributed by atoms with E-state index in [1.165, 1.54) is 110 Å². The van der Waals surface area contributed by atoms with Crippen LogP contribution in [-0.4, -0.2) is 41.5 Å². The van der Waals surface area contributed by atoms with E-state index < -0.39 is 13.2 Å². The first-order valence-corrected chi connectivity index (χ1v) is 17.0. The third-order valence-corrected chi connectivity index (χ3v) is 11.7. The fraction of sp³-hybridized carbons (Fsp3) is 0.931. The Bertz CT molecular complexity index is 369. The summed E-state index contributed by atoms with van der Waals surface area (Å²) in [4.78, 5) is 19.8. The molecule has 0 aromatic rings. The molecule has 0 aromatic carbocycles. The van der Waals surface area contributed by atoms with Gasteiger partial charge in [0.25, 0.3) is 0 Å². The first-order chi connectivity index (χ1) is 15.9.